The molecule has 1 heterocycles. The predicted octanol–water partition coefficient (Wildman–Crippen LogP) is 6.14. The van der Waals surface area contributed by atoms with Gasteiger partial charge in [-0.2, -0.15) is 0 Å². The Morgan fingerprint density at radius 1 is 0.885 bits per heavy atom. The van der Waals surface area contributed by atoms with Crippen molar-refractivity contribution < 1.29 is 4.39 Å². The maximum atomic E-state index is 13.2. The molecule has 0 aliphatic carbocycles. The van der Waals surface area contributed by atoms with Gasteiger partial charge in [-0.3, -0.25) is 4.99 Å². The van der Waals surface area contributed by atoms with Crippen molar-refractivity contribution in [3.8, 4) is 5.69 Å². The number of hydrogen-bond acceptors (Lipinski definition) is 1. The molecule has 26 heavy (non-hydrogen) atoms. The van der Waals surface area contributed by atoms with E-state index in [0.29, 0.717) is 0 Å². The minimum atomic E-state index is -0.228. The highest BCUT2D eigenvalue weighted by Crippen LogP contribution is 2.26. The van der Waals surface area contributed by atoms with Crippen molar-refractivity contribution in [1.82, 2.24) is 4.57 Å². The van der Waals surface area contributed by atoms with Crippen molar-refractivity contribution in [2.75, 3.05) is 0 Å². The van der Waals surface area contributed by atoms with Gasteiger partial charge in [-0.1, -0.05) is 36.4 Å². The van der Waals surface area contributed by atoms with Crippen LogP contribution in [0.2, 0.25) is 0 Å². The quantitative estimate of drug-likeness (QED) is 0.398. The van der Waals surface area contributed by atoms with Crippen LogP contribution in [0.25, 0.3) is 16.5 Å². The van der Waals surface area contributed by atoms with Crippen molar-refractivity contribution in [1.29, 1.82) is 0 Å². The van der Waals surface area contributed by atoms with Gasteiger partial charge in [0, 0.05) is 34.2 Å². The number of hydrogen-bond donors (Lipinski definition) is 0. The SMILES string of the molecule is Cc1cc(C=Nc2cccc3ccccc23)c(C)n1-c1ccc(F)cc1. The van der Waals surface area contributed by atoms with Crippen LogP contribution in [0.5, 0.6) is 0 Å². The highest BCUT2D eigenvalue weighted by molar-refractivity contribution is 5.95. The zero-order chi connectivity index (χ0) is 18.1. The van der Waals surface area contributed by atoms with Crippen LogP contribution in [0.1, 0.15) is 17.0 Å². The zero-order valence-electron chi connectivity index (χ0n) is 14.8. The lowest BCUT2D eigenvalue weighted by molar-refractivity contribution is 0.627. The molecule has 0 aliphatic rings. The number of halogens is 1. The van der Waals surface area contributed by atoms with Gasteiger partial charge >= 0.3 is 0 Å². The lowest BCUT2D eigenvalue weighted by atomic mass is 10.1. The Morgan fingerprint density at radius 2 is 1.62 bits per heavy atom. The molecule has 0 N–H and O–H groups in total. The fourth-order valence-corrected chi connectivity index (χ4v) is 3.37. The van der Waals surface area contributed by atoms with Crippen molar-refractivity contribution in [3.05, 3.63) is 95.6 Å². The summed E-state index contributed by atoms with van der Waals surface area (Å²) in [6, 6.07) is 23.0. The maximum absolute atomic E-state index is 13.2. The highest BCUT2D eigenvalue weighted by atomic mass is 19.1. The van der Waals surface area contributed by atoms with Gasteiger partial charge in [0.2, 0.25) is 0 Å². The number of benzene rings is 3. The molecule has 0 bridgehead atoms. The van der Waals surface area contributed by atoms with E-state index in [2.05, 4.69) is 35.8 Å². The third-order valence-corrected chi connectivity index (χ3v) is 4.66. The predicted molar refractivity (Wildman–Crippen MR) is 106 cm³/mol. The molecule has 3 aromatic carbocycles. The maximum Gasteiger partial charge on any atom is 0.123 e. The van der Waals surface area contributed by atoms with Gasteiger partial charge in [0.05, 0.1) is 5.69 Å². The number of rotatable bonds is 3. The van der Waals surface area contributed by atoms with Crippen LogP contribution < -0.4 is 0 Å². The fourth-order valence-electron chi connectivity index (χ4n) is 3.37. The molecule has 4 aromatic rings. The molecule has 0 unspecified atom stereocenters. The third-order valence-electron chi connectivity index (χ3n) is 4.66. The van der Waals surface area contributed by atoms with E-state index in [0.717, 1.165) is 33.7 Å². The molecule has 128 valence electrons. The Balaban J connectivity index is 1.74. The summed E-state index contributed by atoms with van der Waals surface area (Å²) in [4.78, 5) is 4.73. The molecule has 0 saturated carbocycles. The van der Waals surface area contributed by atoms with E-state index >= 15 is 0 Å². The first-order valence-corrected chi connectivity index (χ1v) is 8.60. The largest absolute Gasteiger partial charge is 0.318 e. The lowest BCUT2D eigenvalue weighted by Crippen LogP contribution is -1.99. The van der Waals surface area contributed by atoms with Gasteiger partial charge in [0.25, 0.3) is 0 Å². The first-order valence-electron chi connectivity index (χ1n) is 8.60. The Kier molecular flexibility index (Phi) is 4.13. The minimum Gasteiger partial charge on any atom is -0.318 e. The Bertz CT molecular complexity index is 1100. The number of fused-ring (bicyclic) bond motifs is 1. The second-order valence-corrected chi connectivity index (χ2v) is 6.39. The smallest absolute Gasteiger partial charge is 0.123 e. The number of aromatic nitrogens is 1. The summed E-state index contributed by atoms with van der Waals surface area (Å²) in [5, 5.41) is 2.32. The van der Waals surface area contributed by atoms with Crippen LogP contribution >= 0.6 is 0 Å². The Morgan fingerprint density at radius 3 is 2.42 bits per heavy atom. The molecule has 0 spiro atoms. The number of nitrogens with zero attached hydrogens (tertiary/aromatic N) is 2. The Labute approximate surface area is 152 Å². The van der Waals surface area contributed by atoms with Crippen LogP contribution in [0.15, 0.2) is 77.8 Å². The van der Waals surface area contributed by atoms with Gasteiger partial charge in [0.15, 0.2) is 0 Å². The first-order chi connectivity index (χ1) is 12.6. The zero-order valence-corrected chi connectivity index (χ0v) is 14.8. The molecule has 0 amide bonds. The molecule has 2 nitrogen and oxygen atoms in total. The highest BCUT2D eigenvalue weighted by Gasteiger charge is 2.09. The summed E-state index contributed by atoms with van der Waals surface area (Å²) in [6.07, 6.45) is 1.91. The van der Waals surface area contributed by atoms with E-state index in [-0.39, 0.29) is 5.82 Å². The topological polar surface area (TPSA) is 17.3 Å². The second-order valence-electron chi connectivity index (χ2n) is 6.39. The molecule has 3 heteroatoms. The lowest BCUT2D eigenvalue weighted by Gasteiger charge is -2.09. The van der Waals surface area contributed by atoms with Gasteiger partial charge in [0.1, 0.15) is 5.82 Å². The minimum absolute atomic E-state index is 0.228. The summed E-state index contributed by atoms with van der Waals surface area (Å²) >= 11 is 0. The molecule has 0 aliphatic heterocycles. The van der Waals surface area contributed by atoms with Gasteiger partial charge in [-0.05, 0) is 55.6 Å². The van der Waals surface area contributed by atoms with E-state index < -0.39 is 0 Å². The standard InChI is InChI=1S/C23H19FN2/c1-16-14-19(17(2)26(16)21-12-10-20(24)11-13-21)15-25-23-9-5-7-18-6-3-4-8-22(18)23/h3-15H,1-2H3. The van der Waals surface area contributed by atoms with Crippen LogP contribution in [0, 0.1) is 19.7 Å². The van der Waals surface area contributed by atoms with Gasteiger partial charge < -0.3 is 4.57 Å². The number of aliphatic imine (C=N–C) groups is 1. The molecule has 0 fully saturated rings. The molecule has 1 aromatic heterocycles. The van der Waals surface area contributed by atoms with Crippen molar-refractivity contribution in [2.24, 2.45) is 4.99 Å². The van der Waals surface area contributed by atoms with Crippen LogP contribution in [0.4, 0.5) is 10.1 Å². The molecular formula is C23H19FN2. The molecule has 0 radical (unpaired) electrons. The van der Waals surface area contributed by atoms with E-state index in [1.807, 2.05) is 37.4 Å². The molecular weight excluding hydrogens is 323 g/mol. The summed E-state index contributed by atoms with van der Waals surface area (Å²) < 4.78 is 15.3. The van der Waals surface area contributed by atoms with Crippen molar-refractivity contribution >= 4 is 22.7 Å². The van der Waals surface area contributed by atoms with Gasteiger partial charge in [-0.25, -0.2) is 4.39 Å². The normalized spacial score (nSPS) is 11.5. The third kappa shape index (κ3) is 2.92. The average molecular weight is 342 g/mol. The van der Waals surface area contributed by atoms with E-state index in [9.17, 15) is 4.39 Å². The van der Waals surface area contributed by atoms with E-state index in [4.69, 9.17) is 4.99 Å². The van der Waals surface area contributed by atoms with Crippen LogP contribution in [-0.4, -0.2) is 10.8 Å². The summed E-state index contributed by atoms with van der Waals surface area (Å²) in [5.41, 5.74) is 5.13. The summed E-state index contributed by atoms with van der Waals surface area (Å²) in [7, 11) is 0. The first kappa shape index (κ1) is 16.3. The Hall–Kier alpha value is -3.20. The monoisotopic (exact) mass is 342 g/mol. The summed E-state index contributed by atoms with van der Waals surface area (Å²) in [6.45, 7) is 4.10. The second kappa shape index (κ2) is 6.60. The van der Waals surface area contributed by atoms with Crippen LogP contribution in [-0.2, 0) is 0 Å². The van der Waals surface area contributed by atoms with E-state index in [1.54, 1.807) is 12.1 Å². The average Bonchev–Trinajstić information content (AvgIpc) is 2.94. The van der Waals surface area contributed by atoms with Crippen molar-refractivity contribution in [2.45, 2.75) is 13.8 Å². The number of aryl methyl sites for hydroxylation is 1. The molecule has 0 saturated heterocycles. The van der Waals surface area contributed by atoms with Crippen molar-refractivity contribution in [3.63, 3.8) is 0 Å². The van der Waals surface area contributed by atoms with Gasteiger partial charge in [-0.15, -0.1) is 0 Å². The summed E-state index contributed by atoms with van der Waals surface area (Å²) in [5.74, 6) is -0.228. The van der Waals surface area contributed by atoms with Crippen LogP contribution in [0.3, 0.4) is 0 Å². The fraction of sp³-hybridized carbons (Fsp3) is 0.0870. The molecule has 4 rings (SSSR count). The van der Waals surface area contributed by atoms with E-state index in [1.165, 1.54) is 17.5 Å². The molecule has 0 atom stereocenters.